The van der Waals surface area contributed by atoms with Gasteiger partial charge in [-0.05, 0) is 43.0 Å². The SMILES string of the molecule is CC1CCCC(Nc2ccc(N3CCOCC3)cc2)C1. The molecule has 1 saturated heterocycles. The number of ether oxygens (including phenoxy) is 1. The Hall–Kier alpha value is -1.22. The summed E-state index contributed by atoms with van der Waals surface area (Å²) in [5.74, 6) is 0.869. The quantitative estimate of drug-likeness (QED) is 0.913. The molecule has 110 valence electrons. The number of rotatable bonds is 3. The first kappa shape index (κ1) is 13.7. The molecule has 1 aliphatic carbocycles. The van der Waals surface area contributed by atoms with E-state index < -0.39 is 0 Å². The molecule has 2 unspecified atom stereocenters. The van der Waals surface area contributed by atoms with Crippen molar-refractivity contribution in [1.29, 1.82) is 0 Å². The topological polar surface area (TPSA) is 24.5 Å². The lowest BCUT2D eigenvalue weighted by atomic mass is 9.87. The minimum absolute atomic E-state index is 0.660. The Morgan fingerprint density at radius 2 is 1.85 bits per heavy atom. The number of hydrogen-bond acceptors (Lipinski definition) is 3. The molecule has 3 rings (SSSR count). The van der Waals surface area contributed by atoms with Crippen molar-refractivity contribution in [2.75, 3.05) is 36.5 Å². The molecule has 2 atom stereocenters. The van der Waals surface area contributed by atoms with Gasteiger partial charge in [-0.2, -0.15) is 0 Å². The van der Waals surface area contributed by atoms with Gasteiger partial charge in [-0.15, -0.1) is 0 Å². The van der Waals surface area contributed by atoms with Gasteiger partial charge in [0, 0.05) is 30.5 Å². The molecule has 0 amide bonds. The summed E-state index contributed by atoms with van der Waals surface area (Å²) >= 11 is 0. The van der Waals surface area contributed by atoms with Crippen LogP contribution in [0.15, 0.2) is 24.3 Å². The number of nitrogens with zero attached hydrogens (tertiary/aromatic N) is 1. The molecule has 20 heavy (non-hydrogen) atoms. The van der Waals surface area contributed by atoms with Gasteiger partial charge in [-0.25, -0.2) is 0 Å². The molecule has 3 heteroatoms. The predicted octanol–water partition coefficient (Wildman–Crippen LogP) is 3.51. The van der Waals surface area contributed by atoms with Gasteiger partial charge >= 0.3 is 0 Å². The largest absolute Gasteiger partial charge is 0.382 e. The van der Waals surface area contributed by atoms with E-state index in [0.29, 0.717) is 6.04 Å². The number of benzene rings is 1. The first-order valence-corrected chi connectivity index (χ1v) is 8.00. The van der Waals surface area contributed by atoms with Crippen molar-refractivity contribution in [3.8, 4) is 0 Å². The van der Waals surface area contributed by atoms with Crippen molar-refractivity contribution in [1.82, 2.24) is 0 Å². The highest BCUT2D eigenvalue weighted by Gasteiger charge is 2.18. The summed E-state index contributed by atoms with van der Waals surface area (Å²) in [5, 5.41) is 3.70. The van der Waals surface area contributed by atoms with E-state index in [2.05, 4.69) is 41.4 Å². The van der Waals surface area contributed by atoms with Gasteiger partial charge in [-0.3, -0.25) is 0 Å². The number of anilines is 2. The van der Waals surface area contributed by atoms with Crippen LogP contribution in [0, 0.1) is 5.92 Å². The zero-order valence-electron chi connectivity index (χ0n) is 12.5. The predicted molar refractivity (Wildman–Crippen MR) is 84.5 cm³/mol. The van der Waals surface area contributed by atoms with Crippen molar-refractivity contribution in [2.24, 2.45) is 5.92 Å². The molecule has 0 aromatic heterocycles. The van der Waals surface area contributed by atoms with Crippen LogP contribution in [-0.4, -0.2) is 32.3 Å². The van der Waals surface area contributed by atoms with Crippen LogP contribution < -0.4 is 10.2 Å². The molecular formula is C17H26N2O. The zero-order valence-corrected chi connectivity index (χ0v) is 12.5. The highest BCUT2D eigenvalue weighted by molar-refractivity contribution is 5.55. The Morgan fingerprint density at radius 1 is 1.10 bits per heavy atom. The lowest BCUT2D eigenvalue weighted by Gasteiger charge is -2.30. The molecule has 0 spiro atoms. The molecular weight excluding hydrogens is 248 g/mol. The van der Waals surface area contributed by atoms with Crippen molar-refractivity contribution in [2.45, 2.75) is 38.6 Å². The number of hydrogen-bond donors (Lipinski definition) is 1. The summed E-state index contributed by atoms with van der Waals surface area (Å²) in [6.45, 7) is 6.08. The monoisotopic (exact) mass is 274 g/mol. The van der Waals surface area contributed by atoms with Crippen LogP contribution in [0.3, 0.4) is 0 Å². The summed E-state index contributed by atoms with van der Waals surface area (Å²) in [7, 11) is 0. The van der Waals surface area contributed by atoms with Crippen LogP contribution in [0.25, 0.3) is 0 Å². The van der Waals surface area contributed by atoms with E-state index in [9.17, 15) is 0 Å². The molecule has 1 aromatic rings. The van der Waals surface area contributed by atoms with Crippen molar-refractivity contribution < 1.29 is 4.74 Å². The summed E-state index contributed by atoms with van der Waals surface area (Å²) in [5.41, 5.74) is 2.58. The Balaban J connectivity index is 1.58. The number of nitrogens with one attached hydrogen (secondary N) is 1. The van der Waals surface area contributed by atoms with E-state index >= 15 is 0 Å². The van der Waals surface area contributed by atoms with Crippen molar-refractivity contribution in [3.05, 3.63) is 24.3 Å². The van der Waals surface area contributed by atoms with E-state index in [1.165, 1.54) is 37.1 Å². The van der Waals surface area contributed by atoms with E-state index in [1.807, 2.05) is 0 Å². The normalized spacial score (nSPS) is 27.4. The Kier molecular flexibility index (Phi) is 4.46. The van der Waals surface area contributed by atoms with E-state index in [1.54, 1.807) is 0 Å². The van der Waals surface area contributed by atoms with E-state index in [0.717, 1.165) is 32.2 Å². The molecule has 2 aliphatic rings. The molecule has 1 aromatic carbocycles. The van der Waals surface area contributed by atoms with Crippen LogP contribution in [0.1, 0.15) is 32.6 Å². The Morgan fingerprint density at radius 3 is 2.55 bits per heavy atom. The first-order chi connectivity index (χ1) is 9.81. The summed E-state index contributed by atoms with van der Waals surface area (Å²) < 4.78 is 5.40. The van der Waals surface area contributed by atoms with Gasteiger partial charge in [0.15, 0.2) is 0 Å². The van der Waals surface area contributed by atoms with Crippen molar-refractivity contribution >= 4 is 11.4 Å². The molecule has 0 radical (unpaired) electrons. The summed E-state index contributed by atoms with van der Waals surface area (Å²) in [6.07, 6.45) is 5.39. The van der Waals surface area contributed by atoms with Gasteiger partial charge in [0.05, 0.1) is 13.2 Å². The fraction of sp³-hybridized carbons (Fsp3) is 0.647. The van der Waals surface area contributed by atoms with Gasteiger partial charge in [0.25, 0.3) is 0 Å². The van der Waals surface area contributed by atoms with Gasteiger partial charge < -0.3 is 15.0 Å². The lowest BCUT2D eigenvalue weighted by Crippen LogP contribution is -2.36. The maximum absolute atomic E-state index is 5.40. The maximum Gasteiger partial charge on any atom is 0.0642 e. The molecule has 1 saturated carbocycles. The van der Waals surface area contributed by atoms with E-state index in [4.69, 9.17) is 4.74 Å². The third-order valence-corrected chi connectivity index (χ3v) is 4.55. The smallest absolute Gasteiger partial charge is 0.0642 e. The molecule has 0 bridgehead atoms. The molecule has 1 aliphatic heterocycles. The average Bonchev–Trinajstić information content (AvgIpc) is 2.49. The highest BCUT2D eigenvalue weighted by atomic mass is 16.5. The second kappa shape index (κ2) is 6.49. The number of morpholine rings is 1. The van der Waals surface area contributed by atoms with Gasteiger partial charge in [0.1, 0.15) is 0 Å². The standard InChI is InChI=1S/C17H26N2O/c1-14-3-2-4-16(13-14)18-15-5-7-17(8-6-15)19-9-11-20-12-10-19/h5-8,14,16,18H,2-4,9-13H2,1H3. The summed E-state index contributed by atoms with van der Waals surface area (Å²) in [6, 6.07) is 9.58. The molecule has 2 fully saturated rings. The average molecular weight is 274 g/mol. The summed E-state index contributed by atoms with van der Waals surface area (Å²) in [4.78, 5) is 2.40. The maximum atomic E-state index is 5.40. The fourth-order valence-electron chi connectivity index (χ4n) is 3.39. The Bertz CT molecular complexity index is 412. The first-order valence-electron chi connectivity index (χ1n) is 8.00. The van der Waals surface area contributed by atoms with Crippen LogP contribution in [-0.2, 0) is 4.74 Å². The van der Waals surface area contributed by atoms with Crippen LogP contribution in [0.5, 0.6) is 0 Å². The molecule has 3 nitrogen and oxygen atoms in total. The Labute approximate surface area is 122 Å². The van der Waals surface area contributed by atoms with Crippen LogP contribution in [0.2, 0.25) is 0 Å². The highest BCUT2D eigenvalue weighted by Crippen LogP contribution is 2.27. The fourth-order valence-corrected chi connectivity index (χ4v) is 3.39. The third-order valence-electron chi connectivity index (χ3n) is 4.55. The van der Waals surface area contributed by atoms with Crippen LogP contribution >= 0.6 is 0 Å². The minimum Gasteiger partial charge on any atom is -0.382 e. The molecule has 1 N–H and O–H groups in total. The lowest BCUT2D eigenvalue weighted by molar-refractivity contribution is 0.122. The van der Waals surface area contributed by atoms with Gasteiger partial charge in [-0.1, -0.05) is 19.8 Å². The minimum atomic E-state index is 0.660. The molecule has 1 heterocycles. The van der Waals surface area contributed by atoms with E-state index in [-0.39, 0.29) is 0 Å². The van der Waals surface area contributed by atoms with Gasteiger partial charge in [0.2, 0.25) is 0 Å². The van der Waals surface area contributed by atoms with Crippen LogP contribution in [0.4, 0.5) is 11.4 Å². The van der Waals surface area contributed by atoms with Crippen molar-refractivity contribution in [3.63, 3.8) is 0 Å². The second-order valence-corrected chi connectivity index (χ2v) is 6.26. The third kappa shape index (κ3) is 3.45. The zero-order chi connectivity index (χ0) is 13.8. The second-order valence-electron chi connectivity index (χ2n) is 6.26.